The number of para-hydroxylation sites is 3. The van der Waals surface area contributed by atoms with E-state index < -0.39 is 0 Å². The van der Waals surface area contributed by atoms with Gasteiger partial charge in [0, 0.05) is 64.2 Å². The first-order valence-electron chi connectivity index (χ1n) is 19.4. The van der Waals surface area contributed by atoms with Crippen LogP contribution < -0.4 is 0 Å². The molecule has 0 saturated heterocycles. The van der Waals surface area contributed by atoms with E-state index in [2.05, 4.69) is 209 Å². The van der Waals surface area contributed by atoms with Crippen LogP contribution in [0.4, 0.5) is 0 Å². The molecule has 4 heterocycles. The molecule has 0 spiro atoms. The molecule has 0 N–H and O–H groups in total. The van der Waals surface area contributed by atoms with Gasteiger partial charge in [-0.3, -0.25) is 0 Å². The van der Waals surface area contributed by atoms with Crippen molar-refractivity contribution in [2.45, 2.75) is 0 Å². The number of aromatic nitrogens is 3. The molecule has 0 radical (unpaired) electrons. The molecule has 0 bridgehead atoms. The van der Waals surface area contributed by atoms with Gasteiger partial charge in [-0.15, -0.1) is 11.3 Å². The molecule has 0 aliphatic heterocycles. The highest BCUT2D eigenvalue weighted by molar-refractivity contribution is 7.27. The monoisotopic (exact) mass is 743 g/mol. The van der Waals surface area contributed by atoms with Gasteiger partial charge in [0.25, 0.3) is 0 Å². The van der Waals surface area contributed by atoms with Gasteiger partial charge in [-0.05, 0) is 65.7 Å². The van der Waals surface area contributed by atoms with Crippen LogP contribution in [-0.4, -0.2) is 14.1 Å². The minimum atomic E-state index is 0.960. The number of hydrogen-bond acceptors (Lipinski definition) is 2. The molecule has 12 rings (SSSR count). The maximum atomic E-state index is 5.14. The van der Waals surface area contributed by atoms with Crippen molar-refractivity contribution in [2.24, 2.45) is 0 Å². The first-order valence-corrected chi connectivity index (χ1v) is 20.2. The lowest BCUT2D eigenvalue weighted by atomic mass is 9.99. The van der Waals surface area contributed by atoms with Crippen molar-refractivity contribution in [3.63, 3.8) is 0 Å². The minimum Gasteiger partial charge on any atom is -0.307 e. The molecule has 12 aromatic rings. The number of thiophene rings is 1. The summed E-state index contributed by atoms with van der Waals surface area (Å²) in [6.45, 7) is 0. The van der Waals surface area contributed by atoms with E-state index in [-0.39, 0.29) is 0 Å². The molecule has 4 heteroatoms. The number of nitrogens with zero attached hydrogens (tertiary/aromatic N) is 3. The van der Waals surface area contributed by atoms with Crippen molar-refractivity contribution < 1.29 is 0 Å². The van der Waals surface area contributed by atoms with Crippen molar-refractivity contribution in [3.05, 3.63) is 200 Å². The van der Waals surface area contributed by atoms with Gasteiger partial charge in [0.15, 0.2) is 0 Å². The number of hydrogen-bond donors (Lipinski definition) is 0. The Morgan fingerprint density at radius 3 is 1.44 bits per heavy atom. The molecule has 8 aromatic carbocycles. The summed E-state index contributed by atoms with van der Waals surface area (Å²) in [7, 11) is 0. The molecule has 0 unspecified atom stereocenters. The van der Waals surface area contributed by atoms with E-state index in [0.29, 0.717) is 0 Å². The summed E-state index contributed by atoms with van der Waals surface area (Å²) < 4.78 is 7.65. The number of pyridine rings is 1. The number of rotatable bonds is 5. The van der Waals surface area contributed by atoms with E-state index >= 15 is 0 Å². The molecule has 0 aliphatic carbocycles. The fourth-order valence-electron chi connectivity index (χ4n) is 9.01. The quantitative estimate of drug-likeness (QED) is 0.172. The zero-order chi connectivity index (χ0) is 37.5. The second-order valence-corrected chi connectivity index (χ2v) is 15.7. The van der Waals surface area contributed by atoms with E-state index in [1.165, 1.54) is 63.8 Å². The topological polar surface area (TPSA) is 22.8 Å². The van der Waals surface area contributed by atoms with Crippen LogP contribution in [-0.2, 0) is 0 Å². The van der Waals surface area contributed by atoms with E-state index in [1.54, 1.807) is 0 Å². The molecule has 0 atom stereocenters. The van der Waals surface area contributed by atoms with Crippen molar-refractivity contribution in [3.8, 4) is 45.0 Å². The number of fused-ring (bicyclic) bond motifs is 12. The highest BCUT2D eigenvalue weighted by atomic mass is 32.1. The standard InChI is InChI=1S/C53H33N3S/c1-4-16-35(17-5-1)43-32-37(33-44(54-43)36-18-6-2-7-19-36)34-28-30-39(31-29-34)56-45-25-13-10-22-40(45)48-49-42-24-12-15-27-47(42)57-53(49)50-41-23-11-14-26-46(41)55(52(50)51(48)56)38-20-8-3-9-21-38/h1-33H. The Hall–Kier alpha value is -7.27. The Kier molecular flexibility index (Phi) is 7.10. The Morgan fingerprint density at radius 2 is 0.825 bits per heavy atom. The Morgan fingerprint density at radius 1 is 0.351 bits per heavy atom. The van der Waals surface area contributed by atoms with Crippen molar-refractivity contribution >= 4 is 75.1 Å². The molecule has 0 saturated carbocycles. The molecule has 3 nitrogen and oxygen atoms in total. The summed E-state index contributed by atoms with van der Waals surface area (Å²) in [6, 6.07) is 72.2. The lowest BCUT2D eigenvalue weighted by Gasteiger charge is -2.14. The zero-order valence-corrected chi connectivity index (χ0v) is 31.6. The maximum absolute atomic E-state index is 5.14. The van der Waals surface area contributed by atoms with Crippen LogP contribution in [0.25, 0.3) is 109 Å². The lowest BCUT2D eigenvalue weighted by molar-refractivity contribution is 1.15. The highest BCUT2D eigenvalue weighted by Crippen LogP contribution is 2.51. The van der Waals surface area contributed by atoms with Gasteiger partial charge in [0.2, 0.25) is 0 Å². The van der Waals surface area contributed by atoms with E-state index in [4.69, 9.17) is 4.98 Å². The van der Waals surface area contributed by atoms with Crippen molar-refractivity contribution in [1.29, 1.82) is 0 Å². The number of benzene rings is 8. The second-order valence-electron chi connectivity index (χ2n) is 14.7. The lowest BCUT2D eigenvalue weighted by Crippen LogP contribution is -1.99. The van der Waals surface area contributed by atoms with Gasteiger partial charge in [0.1, 0.15) is 0 Å². The molecule has 4 aromatic heterocycles. The molecule has 0 aliphatic rings. The van der Waals surface area contributed by atoms with Crippen LogP contribution in [0.5, 0.6) is 0 Å². The van der Waals surface area contributed by atoms with Crippen molar-refractivity contribution in [2.75, 3.05) is 0 Å². The molecule has 57 heavy (non-hydrogen) atoms. The molecule has 266 valence electrons. The Balaban J connectivity index is 1.17. The highest BCUT2D eigenvalue weighted by Gasteiger charge is 2.26. The first-order chi connectivity index (χ1) is 28.3. The Bertz CT molecular complexity index is 3430. The average Bonchev–Trinajstić information content (AvgIpc) is 3.95. The molecular formula is C53H33N3S. The predicted molar refractivity (Wildman–Crippen MR) is 242 cm³/mol. The maximum Gasteiger partial charge on any atom is 0.0803 e. The van der Waals surface area contributed by atoms with Gasteiger partial charge < -0.3 is 9.13 Å². The smallest absolute Gasteiger partial charge is 0.0803 e. The van der Waals surface area contributed by atoms with Crippen LogP contribution in [0.1, 0.15) is 0 Å². The third-order valence-electron chi connectivity index (χ3n) is 11.5. The first kappa shape index (κ1) is 32.0. The second kappa shape index (κ2) is 12.6. The van der Waals surface area contributed by atoms with Gasteiger partial charge in [-0.2, -0.15) is 0 Å². The SMILES string of the molecule is c1ccc(-c2cc(-c3ccc(-n4c5ccccc5c5c6c7ccccc7sc6c6c7ccccc7n(-c7ccccc7)c6c54)cc3)cc(-c3ccccc3)n2)cc1. The molecular weight excluding hydrogens is 711 g/mol. The van der Waals surface area contributed by atoms with Crippen LogP contribution in [0, 0.1) is 0 Å². The summed E-state index contributed by atoms with van der Waals surface area (Å²) in [5.41, 5.74) is 13.5. The van der Waals surface area contributed by atoms with Crippen LogP contribution >= 0.6 is 11.3 Å². The van der Waals surface area contributed by atoms with Gasteiger partial charge in [0.05, 0.1) is 33.5 Å². The van der Waals surface area contributed by atoms with E-state index in [9.17, 15) is 0 Å². The zero-order valence-electron chi connectivity index (χ0n) is 30.8. The largest absolute Gasteiger partial charge is 0.307 e. The van der Waals surface area contributed by atoms with E-state index in [0.717, 1.165) is 45.0 Å². The summed E-state index contributed by atoms with van der Waals surface area (Å²) >= 11 is 1.91. The molecule has 0 fully saturated rings. The van der Waals surface area contributed by atoms with Crippen LogP contribution in [0.3, 0.4) is 0 Å². The van der Waals surface area contributed by atoms with Crippen LogP contribution in [0.15, 0.2) is 200 Å². The van der Waals surface area contributed by atoms with Gasteiger partial charge in [-0.25, -0.2) is 4.98 Å². The normalized spacial score (nSPS) is 11.9. The summed E-state index contributed by atoms with van der Waals surface area (Å²) in [5, 5.41) is 7.76. The fourth-order valence-corrected chi connectivity index (χ4v) is 10.3. The predicted octanol–water partition coefficient (Wildman–Crippen LogP) is 14.6. The summed E-state index contributed by atoms with van der Waals surface area (Å²) in [5.74, 6) is 0. The van der Waals surface area contributed by atoms with Gasteiger partial charge in [-0.1, -0.05) is 146 Å². The Labute approximate surface area is 333 Å². The van der Waals surface area contributed by atoms with Crippen LogP contribution in [0.2, 0.25) is 0 Å². The average molecular weight is 744 g/mol. The van der Waals surface area contributed by atoms with Gasteiger partial charge >= 0.3 is 0 Å². The minimum absolute atomic E-state index is 0.960. The third-order valence-corrected chi connectivity index (χ3v) is 12.7. The van der Waals surface area contributed by atoms with E-state index in [1.807, 2.05) is 11.3 Å². The van der Waals surface area contributed by atoms with Crippen molar-refractivity contribution in [1.82, 2.24) is 14.1 Å². The molecule has 0 amide bonds. The summed E-state index contributed by atoms with van der Waals surface area (Å²) in [4.78, 5) is 5.14. The third kappa shape index (κ3) is 4.88. The summed E-state index contributed by atoms with van der Waals surface area (Å²) in [6.07, 6.45) is 0. The fraction of sp³-hybridized carbons (Fsp3) is 0.